The van der Waals surface area contributed by atoms with E-state index < -0.39 is 0 Å². The van der Waals surface area contributed by atoms with Gasteiger partial charge in [0.15, 0.2) is 5.82 Å². The molecule has 3 aromatic rings. The molecule has 1 aromatic heterocycles. The van der Waals surface area contributed by atoms with Gasteiger partial charge in [0, 0.05) is 22.0 Å². The average molecular weight is 527 g/mol. The van der Waals surface area contributed by atoms with Crippen molar-refractivity contribution >= 4 is 60.9 Å². The summed E-state index contributed by atoms with van der Waals surface area (Å²) >= 11 is 13.2. The lowest BCUT2D eigenvalue weighted by Gasteiger charge is -2.12. The van der Waals surface area contributed by atoms with Crippen LogP contribution in [-0.2, 0) is 13.0 Å². The summed E-state index contributed by atoms with van der Waals surface area (Å²) in [5.41, 5.74) is 3.07. The summed E-state index contributed by atoms with van der Waals surface area (Å²) in [4.78, 5) is 8.74. The number of aryl methyl sites for hydroxylation is 1. The third-order valence-corrected chi connectivity index (χ3v) is 5.61. The molecule has 0 saturated carbocycles. The lowest BCUT2D eigenvalue weighted by atomic mass is 10.1. The van der Waals surface area contributed by atoms with Crippen LogP contribution in [0.2, 0.25) is 5.02 Å². The summed E-state index contributed by atoms with van der Waals surface area (Å²) in [6, 6.07) is 13.3. The Morgan fingerprint density at radius 2 is 2.00 bits per heavy atom. The highest BCUT2D eigenvalue weighted by atomic mass is 79.9. The standard InChI is InChI=1S/C20H19Br2ClN4O/c21-8-2-4-13-3-1-5-15(9-13)26-20-25-12-18(23)19(27-20)24-11-14-10-16(28)6-7-17(14)22/h1,3,5-7,9-10,12,28H,2,4,8,11H2,(H2,24,25,26,27). The lowest BCUT2D eigenvalue weighted by Crippen LogP contribution is -2.05. The Hall–Kier alpha value is -1.83. The van der Waals surface area contributed by atoms with Crippen LogP contribution in [0.4, 0.5) is 17.5 Å². The summed E-state index contributed by atoms with van der Waals surface area (Å²) in [5.74, 6) is 1.18. The van der Waals surface area contributed by atoms with Crippen LogP contribution < -0.4 is 10.6 Å². The summed E-state index contributed by atoms with van der Waals surface area (Å²) in [6.45, 7) is 0.452. The highest BCUT2D eigenvalue weighted by Crippen LogP contribution is 2.25. The zero-order valence-electron chi connectivity index (χ0n) is 14.9. The Balaban J connectivity index is 1.72. The van der Waals surface area contributed by atoms with Gasteiger partial charge in [-0.05, 0) is 54.3 Å². The van der Waals surface area contributed by atoms with Gasteiger partial charge in [-0.15, -0.1) is 0 Å². The number of phenolic OH excluding ortho intramolecular Hbond substituents is 1. The van der Waals surface area contributed by atoms with E-state index in [1.54, 1.807) is 24.4 Å². The predicted octanol–water partition coefficient (Wildman–Crippen LogP) is 6.28. The van der Waals surface area contributed by atoms with Gasteiger partial charge in [0.25, 0.3) is 0 Å². The number of hydrogen-bond acceptors (Lipinski definition) is 5. The van der Waals surface area contributed by atoms with Gasteiger partial charge in [0.05, 0.1) is 6.20 Å². The van der Waals surface area contributed by atoms with Crippen molar-refractivity contribution in [3.05, 3.63) is 69.3 Å². The molecule has 0 radical (unpaired) electrons. The van der Waals surface area contributed by atoms with Gasteiger partial charge in [-0.2, -0.15) is 4.98 Å². The third-order valence-electron chi connectivity index (χ3n) is 4.00. The van der Waals surface area contributed by atoms with E-state index >= 15 is 0 Å². The number of phenols is 1. The van der Waals surface area contributed by atoms with Crippen LogP contribution in [0.3, 0.4) is 0 Å². The number of aromatic hydroxyl groups is 1. The summed E-state index contributed by atoms with van der Waals surface area (Å²) in [7, 11) is 0. The SMILES string of the molecule is Oc1ccc(Br)c(CNc2nc(Nc3cccc(CCCBr)c3)ncc2Cl)c1. The van der Waals surface area contributed by atoms with Crippen LogP contribution in [0, 0.1) is 0 Å². The molecule has 1 heterocycles. The van der Waals surface area contributed by atoms with E-state index in [9.17, 15) is 5.11 Å². The molecular weight excluding hydrogens is 508 g/mol. The average Bonchev–Trinajstić information content (AvgIpc) is 2.69. The highest BCUT2D eigenvalue weighted by molar-refractivity contribution is 9.10. The molecule has 5 nitrogen and oxygen atoms in total. The summed E-state index contributed by atoms with van der Waals surface area (Å²) in [6.07, 6.45) is 3.65. The molecule has 0 saturated heterocycles. The first-order valence-corrected chi connectivity index (χ1v) is 11.0. The number of alkyl halides is 1. The minimum atomic E-state index is 0.205. The minimum Gasteiger partial charge on any atom is -0.508 e. The number of rotatable bonds is 8. The number of hydrogen-bond donors (Lipinski definition) is 3. The molecule has 0 spiro atoms. The second-order valence-corrected chi connectivity index (χ2v) is 8.19. The van der Waals surface area contributed by atoms with Crippen molar-refractivity contribution in [3.63, 3.8) is 0 Å². The zero-order chi connectivity index (χ0) is 19.9. The normalized spacial score (nSPS) is 10.7. The number of nitrogens with one attached hydrogen (secondary N) is 2. The van der Waals surface area contributed by atoms with E-state index in [4.69, 9.17) is 11.6 Å². The van der Waals surface area contributed by atoms with Crippen molar-refractivity contribution in [2.45, 2.75) is 19.4 Å². The largest absolute Gasteiger partial charge is 0.508 e. The number of benzene rings is 2. The molecule has 0 aliphatic carbocycles. The fraction of sp³-hybridized carbons (Fsp3) is 0.200. The van der Waals surface area contributed by atoms with Crippen LogP contribution in [0.25, 0.3) is 0 Å². The van der Waals surface area contributed by atoms with E-state index in [1.807, 2.05) is 12.1 Å². The lowest BCUT2D eigenvalue weighted by molar-refractivity contribution is 0.474. The zero-order valence-corrected chi connectivity index (χ0v) is 18.9. The molecular formula is C20H19Br2ClN4O. The van der Waals surface area contributed by atoms with E-state index in [0.717, 1.165) is 33.9 Å². The van der Waals surface area contributed by atoms with Gasteiger partial charge in [0.2, 0.25) is 5.95 Å². The molecule has 3 rings (SSSR count). The Bertz CT molecular complexity index is 955. The number of halogens is 3. The first kappa shape index (κ1) is 20.9. The van der Waals surface area contributed by atoms with Gasteiger partial charge >= 0.3 is 0 Å². The second kappa shape index (κ2) is 10.1. The molecule has 2 aromatic carbocycles. The van der Waals surface area contributed by atoms with Gasteiger partial charge in [0.1, 0.15) is 10.8 Å². The summed E-state index contributed by atoms with van der Waals surface area (Å²) < 4.78 is 0.890. The second-order valence-electron chi connectivity index (χ2n) is 6.14. The number of anilines is 3. The van der Waals surface area contributed by atoms with Crippen molar-refractivity contribution in [2.24, 2.45) is 0 Å². The first-order valence-electron chi connectivity index (χ1n) is 8.71. The molecule has 0 fully saturated rings. The van der Waals surface area contributed by atoms with Gasteiger partial charge in [-0.3, -0.25) is 0 Å². The van der Waals surface area contributed by atoms with Crippen molar-refractivity contribution in [1.29, 1.82) is 0 Å². The fourth-order valence-electron chi connectivity index (χ4n) is 2.63. The molecule has 0 bridgehead atoms. The van der Waals surface area contributed by atoms with Gasteiger partial charge in [-0.25, -0.2) is 4.98 Å². The van der Waals surface area contributed by atoms with Crippen LogP contribution >= 0.6 is 43.5 Å². The van der Waals surface area contributed by atoms with Crippen molar-refractivity contribution in [1.82, 2.24) is 9.97 Å². The van der Waals surface area contributed by atoms with Crippen molar-refractivity contribution in [2.75, 3.05) is 16.0 Å². The topological polar surface area (TPSA) is 70.1 Å². The van der Waals surface area contributed by atoms with E-state index in [2.05, 4.69) is 64.6 Å². The maximum atomic E-state index is 9.66. The maximum Gasteiger partial charge on any atom is 0.229 e. The monoisotopic (exact) mass is 524 g/mol. The van der Waals surface area contributed by atoms with E-state index in [0.29, 0.717) is 23.3 Å². The van der Waals surface area contributed by atoms with Crippen molar-refractivity contribution in [3.8, 4) is 5.75 Å². The third kappa shape index (κ3) is 5.83. The maximum absolute atomic E-state index is 9.66. The van der Waals surface area contributed by atoms with E-state index in [-0.39, 0.29) is 5.75 Å². The smallest absolute Gasteiger partial charge is 0.229 e. The predicted molar refractivity (Wildman–Crippen MR) is 122 cm³/mol. The molecule has 0 aliphatic heterocycles. The Morgan fingerprint density at radius 1 is 1.14 bits per heavy atom. The molecule has 28 heavy (non-hydrogen) atoms. The first-order chi connectivity index (χ1) is 13.5. The quantitative estimate of drug-likeness (QED) is 0.301. The molecule has 0 aliphatic rings. The molecule has 3 N–H and O–H groups in total. The molecule has 0 amide bonds. The minimum absolute atomic E-state index is 0.205. The molecule has 8 heteroatoms. The molecule has 0 atom stereocenters. The van der Waals surface area contributed by atoms with Gasteiger partial charge in [-0.1, -0.05) is 55.6 Å². The Morgan fingerprint density at radius 3 is 2.82 bits per heavy atom. The molecule has 146 valence electrons. The summed E-state index contributed by atoms with van der Waals surface area (Å²) in [5, 5.41) is 17.5. The van der Waals surface area contributed by atoms with Crippen LogP contribution in [0.1, 0.15) is 17.5 Å². The highest BCUT2D eigenvalue weighted by Gasteiger charge is 2.08. The number of nitrogens with zero attached hydrogens (tertiary/aromatic N) is 2. The van der Waals surface area contributed by atoms with Crippen LogP contribution in [-0.4, -0.2) is 20.4 Å². The molecule has 0 unspecified atom stereocenters. The van der Waals surface area contributed by atoms with E-state index in [1.165, 1.54) is 5.56 Å². The Kier molecular flexibility index (Phi) is 7.53. The number of aromatic nitrogens is 2. The van der Waals surface area contributed by atoms with Crippen molar-refractivity contribution < 1.29 is 5.11 Å². The van der Waals surface area contributed by atoms with Crippen LogP contribution in [0.5, 0.6) is 5.75 Å². The fourth-order valence-corrected chi connectivity index (χ4v) is 3.46. The Labute approximate surface area is 185 Å². The van der Waals surface area contributed by atoms with Gasteiger partial charge < -0.3 is 15.7 Å². The van der Waals surface area contributed by atoms with Crippen LogP contribution in [0.15, 0.2) is 53.1 Å².